The van der Waals surface area contributed by atoms with E-state index < -0.39 is 21.7 Å². The van der Waals surface area contributed by atoms with Crippen LogP contribution in [-0.4, -0.2) is 21.4 Å². The number of hydrogen-bond acceptors (Lipinski definition) is 4. The van der Waals surface area contributed by atoms with Crippen LogP contribution in [0.3, 0.4) is 0 Å². The Labute approximate surface area is 192 Å². The summed E-state index contributed by atoms with van der Waals surface area (Å²) < 4.78 is 47.1. The number of amides is 1. The van der Waals surface area contributed by atoms with Gasteiger partial charge in [0.1, 0.15) is 11.6 Å². The minimum absolute atomic E-state index is 0.0174. The number of carbonyl (C=O) groups is 1. The Morgan fingerprint density at radius 1 is 0.935 bits per heavy atom. The fourth-order valence-electron chi connectivity index (χ4n) is 2.59. The van der Waals surface area contributed by atoms with Crippen LogP contribution < -0.4 is 14.8 Å². The van der Waals surface area contributed by atoms with Crippen LogP contribution in [0.5, 0.6) is 5.75 Å². The lowest BCUT2D eigenvalue weighted by molar-refractivity contribution is 0.102. The number of halogens is 4. The smallest absolute Gasteiger partial charge is 0.262 e. The molecule has 3 rings (SSSR count). The van der Waals surface area contributed by atoms with Gasteiger partial charge in [0.2, 0.25) is 0 Å². The second-order valence-corrected chi connectivity index (χ2v) is 9.05. The molecule has 31 heavy (non-hydrogen) atoms. The van der Waals surface area contributed by atoms with E-state index in [0.717, 1.165) is 6.07 Å². The van der Waals surface area contributed by atoms with Gasteiger partial charge >= 0.3 is 0 Å². The molecule has 0 unspecified atom stereocenters. The van der Waals surface area contributed by atoms with Crippen LogP contribution in [0, 0.1) is 5.82 Å². The number of anilines is 2. The number of nitrogens with one attached hydrogen (secondary N) is 2. The number of benzene rings is 3. The van der Waals surface area contributed by atoms with Gasteiger partial charge in [-0.2, -0.15) is 0 Å². The Balaban J connectivity index is 1.95. The van der Waals surface area contributed by atoms with Crippen molar-refractivity contribution < 1.29 is 22.3 Å². The van der Waals surface area contributed by atoms with Gasteiger partial charge in [0, 0.05) is 0 Å². The molecule has 2 N–H and O–H groups in total. The normalized spacial score (nSPS) is 11.1. The van der Waals surface area contributed by atoms with Gasteiger partial charge in [0.25, 0.3) is 15.9 Å². The lowest BCUT2D eigenvalue weighted by atomic mass is 10.2. The van der Waals surface area contributed by atoms with Crippen molar-refractivity contribution in [1.82, 2.24) is 0 Å². The van der Waals surface area contributed by atoms with Gasteiger partial charge < -0.3 is 10.1 Å². The second kappa shape index (κ2) is 9.32. The minimum Gasteiger partial charge on any atom is -0.495 e. The van der Waals surface area contributed by atoms with E-state index in [1.54, 1.807) is 0 Å². The molecule has 0 saturated heterocycles. The summed E-state index contributed by atoms with van der Waals surface area (Å²) in [5, 5.41) is 2.78. The predicted octanol–water partition coefficient (Wildman–Crippen LogP) is 5.85. The first-order valence-corrected chi connectivity index (χ1v) is 11.2. The molecule has 0 fully saturated rings. The molecule has 0 aromatic heterocycles. The Kier molecular flexibility index (Phi) is 6.96. The van der Waals surface area contributed by atoms with Crippen LogP contribution in [-0.2, 0) is 10.0 Å². The number of hydrogen-bond donors (Lipinski definition) is 2. The first-order valence-electron chi connectivity index (χ1n) is 8.53. The van der Waals surface area contributed by atoms with E-state index in [4.69, 9.17) is 39.5 Å². The quantitative estimate of drug-likeness (QED) is 0.413. The van der Waals surface area contributed by atoms with Gasteiger partial charge in [-0.3, -0.25) is 9.52 Å². The number of rotatable bonds is 6. The molecule has 0 spiro atoms. The van der Waals surface area contributed by atoms with Crippen molar-refractivity contribution in [1.29, 1.82) is 0 Å². The highest BCUT2D eigenvalue weighted by molar-refractivity contribution is 7.92. The largest absolute Gasteiger partial charge is 0.495 e. The van der Waals surface area contributed by atoms with Gasteiger partial charge in [0.05, 0.1) is 44.0 Å². The Hall–Kier alpha value is -2.52. The van der Waals surface area contributed by atoms with E-state index in [0.29, 0.717) is 0 Å². The van der Waals surface area contributed by atoms with E-state index in [1.807, 2.05) is 0 Å². The van der Waals surface area contributed by atoms with E-state index in [-0.39, 0.29) is 42.7 Å². The van der Waals surface area contributed by atoms with E-state index in [2.05, 4.69) is 10.0 Å². The lowest BCUT2D eigenvalue weighted by Gasteiger charge is -2.14. The summed E-state index contributed by atoms with van der Waals surface area (Å²) in [4.78, 5) is 12.2. The van der Waals surface area contributed by atoms with Crippen LogP contribution in [0.1, 0.15) is 10.4 Å². The van der Waals surface area contributed by atoms with E-state index in [9.17, 15) is 17.6 Å². The summed E-state index contributed by atoms with van der Waals surface area (Å²) >= 11 is 17.8. The monoisotopic (exact) mass is 502 g/mol. The number of carbonyl (C=O) groups excluding carboxylic acids is 1. The Bertz CT molecular complexity index is 1270. The van der Waals surface area contributed by atoms with E-state index in [1.165, 1.54) is 55.6 Å². The highest BCUT2D eigenvalue weighted by atomic mass is 35.5. The highest BCUT2D eigenvalue weighted by Crippen LogP contribution is 2.34. The zero-order chi connectivity index (χ0) is 22.8. The SMILES string of the molecule is COc1ccc(S(=O)(=O)Nc2cc(Cl)c(Cl)cc2Cl)cc1NC(=O)c1ccccc1F. The third-order valence-corrected chi connectivity index (χ3v) is 6.50. The minimum atomic E-state index is -4.14. The maximum atomic E-state index is 13.9. The van der Waals surface area contributed by atoms with Gasteiger partial charge in [-0.15, -0.1) is 0 Å². The summed E-state index contributed by atoms with van der Waals surface area (Å²) in [5.41, 5.74) is -0.166. The molecule has 0 saturated carbocycles. The van der Waals surface area contributed by atoms with E-state index >= 15 is 0 Å². The molecule has 3 aromatic carbocycles. The van der Waals surface area contributed by atoms with Gasteiger partial charge in [-0.25, -0.2) is 12.8 Å². The standard InChI is InChI=1S/C20H14Cl3FN2O4S/c1-30-19-7-6-11(8-18(19)25-20(27)12-4-2-3-5-16(12)24)31(28,29)26-17-10-14(22)13(21)9-15(17)23/h2-10,26H,1H3,(H,25,27). The van der Waals surface area contributed by atoms with Crippen LogP contribution in [0.2, 0.25) is 15.1 Å². The van der Waals surface area contributed by atoms with Crippen molar-refractivity contribution in [2.75, 3.05) is 17.1 Å². The Morgan fingerprint density at radius 3 is 2.29 bits per heavy atom. The van der Waals surface area contributed by atoms with Crippen LogP contribution in [0.25, 0.3) is 0 Å². The highest BCUT2D eigenvalue weighted by Gasteiger charge is 2.21. The Morgan fingerprint density at radius 2 is 1.61 bits per heavy atom. The van der Waals surface area contributed by atoms with Crippen LogP contribution >= 0.6 is 34.8 Å². The molecule has 3 aromatic rings. The first-order chi connectivity index (χ1) is 14.6. The van der Waals surface area contributed by atoms with Crippen molar-refractivity contribution in [3.63, 3.8) is 0 Å². The number of methoxy groups -OCH3 is 1. The average Bonchev–Trinajstić information content (AvgIpc) is 2.72. The van der Waals surface area contributed by atoms with Crippen LogP contribution in [0.4, 0.5) is 15.8 Å². The molecule has 0 radical (unpaired) electrons. The molecule has 0 aliphatic heterocycles. The molecule has 11 heteroatoms. The molecule has 162 valence electrons. The maximum absolute atomic E-state index is 13.9. The van der Waals surface area contributed by atoms with Crippen molar-refractivity contribution >= 4 is 62.1 Å². The van der Waals surface area contributed by atoms with Crippen molar-refractivity contribution in [2.24, 2.45) is 0 Å². The zero-order valence-electron chi connectivity index (χ0n) is 15.7. The lowest BCUT2D eigenvalue weighted by Crippen LogP contribution is -2.16. The first kappa shape index (κ1) is 23.1. The van der Waals surface area contributed by atoms with Crippen molar-refractivity contribution in [2.45, 2.75) is 4.90 Å². The maximum Gasteiger partial charge on any atom is 0.262 e. The summed E-state index contributed by atoms with van der Waals surface area (Å²) in [6.45, 7) is 0. The van der Waals surface area contributed by atoms with Crippen LogP contribution in [0.15, 0.2) is 59.5 Å². The summed E-state index contributed by atoms with van der Waals surface area (Å²) in [6.07, 6.45) is 0. The zero-order valence-corrected chi connectivity index (χ0v) is 18.8. The fraction of sp³-hybridized carbons (Fsp3) is 0.0500. The summed E-state index contributed by atoms with van der Waals surface area (Å²) in [6, 6.07) is 11.7. The van der Waals surface area contributed by atoms with Gasteiger partial charge in [-0.05, 0) is 42.5 Å². The van der Waals surface area contributed by atoms with Crippen molar-refractivity contribution in [3.05, 3.63) is 81.0 Å². The van der Waals surface area contributed by atoms with Gasteiger partial charge in [-0.1, -0.05) is 46.9 Å². The summed E-state index contributed by atoms with van der Waals surface area (Å²) in [5.74, 6) is -1.32. The number of ether oxygens (including phenoxy) is 1. The number of sulfonamides is 1. The average molecular weight is 504 g/mol. The third kappa shape index (κ3) is 5.22. The molecule has 0 aliphatic rings. The van der Waals surface area contributed by atoms with Crippen molar-refractivity contribution in [3.8, 4) is 5.75 Å². The topological polar surface area (TPSA) is 84.5 Å². The fourth-order valence-corrected chi connectivity index (χ4v) is 4.34. The molecule has 1 amide bonds. The third-order valence-electron chi connectivity index (χ3n) is 4.10. The predicted molar refractivity (Wildman–Crippen MR) is 120 cm³/mol. The molecular formula is C20H14Cl3FN2O4S. The summed E-state index contributed by atoms with van der Waals surface area (Å²) in [7, 11) is -2.80. The molecule has 0 aliphatic carbocycles. The molecular weight excluding hydrogens is 490 g/mol. The van der Waals surface area contributed by atoms with Gasteiger partial charge in [0.15, 0.2) is 0 Å². The molecule has 0 bridgehead atoms. The second-order valence-electron chi connectivity index (χ2n) is 6.15. The molecule has 6 nitrogen and oxygen atoms in total. The molecule has 0 heterocycles. The molecule has 0 atom stereocenters.